The molecule has 15 heavy (non-hydrogen) atoms. The molecule has 0 saturated carbocycles. The largest absolute Gasteiger partial charge is 0.490 e. The van der Waals surface area contributed by atoms with E-state index >= 15 is 0 Å². The Morgan fingerprint density at radius 2 is 2.27 bits per heavy atom. The summed E-state index contributed by atoms with van der Waals surface area (Å²) >= 11 is 0. The van der Waals surface area contributed by atoms with E-state index < -0.39 is 4.92 Å². The van der Waals surface area contributed by atoms with Gasteiger partial charge in [-0.05, 0) is 18.5 Å². The number of benzene rings is 1. The summed E-state index contributed by atoms with van der Waals surface area (Å²) in [6, 6.07) is 4.20. The van der Waals surface area contributed by atoms with Crippen LogP contribution in [0.15, 0.2) is 18.2 Å². The molecular weight excluding hydrogens is 197 g/mol. The van der Waals surface area contributed by atoms with Crippen LogP contribution in [0.5, 0.6) is 5.75 Å². The Morgan fingerprint density at radius 3 is 2.73 bits per heavy atom. The Hall–Kier alpha value is -1.85. The summed E-state index contributed by atoms with van der Waals surface area (Å²) in [5.41, 5.74) is 0.154. The van der Waals surface area contributed by atoms with E-state index in [4.69, 9.17) is 4.74 Å². The predicted molar refractivity (Wildman–Crippen MR) is 57.3 cm³/mol. The molecule has 0 N–H and O–H groups in total. The molecule has 0 spiro atoms. The minimum atomic E-state index is -0.564. The van der Waals surface area contributed by atoms with Crippen LogP contribution in [-0.2, 0) is 0 Å². The number of carbonyl (C=O) groups excluding carboxylic acids is 1. The van der Waals surface area contributed by atoms with Gasteiger partial charge < -0.3 is 4.74 Å². The first-order valence-electron chi connectivity index (χ1n) is 4.45. The zero-order valence-electron chi connectivity index (χ0n) is 8.52. The second kappa shape index (κ2) is 4.59. The zero-order chi connectivity index (χ0) is 11.4. The highest BCUT2D eigenvalue weighted by atomic mass is 16.6. The molecule has 0 radical (unpaired) electrons. The van der Waals surface area contributed by atoms with E-state index in [0.717, 1.165) is 0 Å². The number of nitrogens with zero attached hydrogens (tertiary/aromatic N) is 1. The normalized spacial score (nSPS) is 9.67. The predicted octanol–water partition coefficient (Wildman–Crippen LogP) is 0.837. The molecule has 5 nitrogen and oxygen atoms in total. The van der Waals surface area contributed by atoms with E-state index in [2.05, 4.69) is 0 Å². The molecule has 1 aromatic carbocycles. The summed E-state index contributed by atoms with van der Waals surface area (Å²) in [4.78, 5) is 21.4. The van der Waals surface area contributed by atoms with E-state index in [1.54, 1.807) is 7.85 Å². The van der Waals surface area contributed by atoms with Gasteiger partial charge in [-0.15, -0.1) is 0 Å². The highest BCUT2D eigenvalue weighted by Gasteiger charge is 2.17. The maximum Gasteiger partial charge on any atom is 0.311 e. The van der Waals surface area contributed by atoms with Crippen molar-refractivity contribution in [1.29, 1.82) is 0 Å². The summed E-state index contributed by atoms with van der Waals surface area (Å²) in [7, 11) is 3.06. The van der Waals surface area contributed by atoms with Crippen LogP contribution in [0, 0.1) is 10.1 Å². The number of rotatable bonds is 4. The topological polar surface area (TPSA) is 69.4 Å². The highest BCUT2D eigenvalue weighted by Crippen LogP contribution is 2.27. The van der Waals surface area contributed by atoms with E-state index in [0.29, 0.717) is 11.9 Å². The van der Waals surface area contributed by atoms with Crippen molar-refractivity contribution in [3.05, 3.63) is 33.9 Å². The van der Waals surface area contributed by atoms with Crippen molar-refractivity contribution in [2.75, 3.05) is 7.11 Å². The Bertz CT molecular complexity index is 405. The maximum absolute atomic E-state index is 11.3. The average molecular weight is 207 g/mol. The number of methoxy groups -OCH3 is 1. The number of carbonyl (C=O) groups is 1. The van der Waals surface area contributed by atoms with Gasteiger partial charge in [-0.2, -0.15) is 0 Å². The van der Waals surface area contributed by atoms with Gasteiger partial charge in [0.15, 0.2) is 11.5 Å². The molecule has 78 valence electrons. The number of hydrogen-bond acceptors (Lipinski definition) is 4. The molecule has 0 aliphatic carbocycles. The Balaban J connectivity index is 3.22. The third-order valence-electron chi connectivity index (χ3n) is 2.02. The van der Waals surface area contributed by atoms with Crippen LogP contribution in [-0.4, -0.2) is 25.7 Å². The maximum atomic E-state index is 11.3. The fraction of sp³-hybridized carbons (Fsp3) is 0.222. The van der Waals surface area contributed by atoms with E-state index in [-0.39, 0.29) is 17.2 Å². The van der Waals surface area contributed by atoms with Gasteiger partial charge in [0.05, 0.1) is 12.0 Å². The Labute approximate surface area is 87.6 Å². The molecule has 0 aliphatic rings. The fourth-order valence-electron chi connectivity index (χ4n) is 1.21. The first-order chi connectivity index (χ1) is 7.10. The molecule has 0 aromatic heterocycles. The molecular formula is C9H10BNO4. The molecule has 0 amide bonds. The van der Waals surface area contributed by atoms with Crippen molar-refractivity contribution in [3.63, 3.8) is 0 Å². The fourth-order valence-corrected chi connectivity index (χ4v) is 1.21. The number of ketones is 1. The summed E-state index contributed by atoms with van der Waals surface area (Å²) in [5, 5.41) is 10.7. The van der Waals surface area contributed by atoms with E-state index in [9.17, 15) is 14.9 Å². The minimum Gasteiger partial charge on any atom is -0.490 e. The lowest BCUT2D eigenvalue weighted by Crippen LogP contribution is -2.00. The zero-order valence-corrected chi connectivity index (χ0v) is 8.52. The minimum absolute atomic E-state index is 0.124. The second-order valence-electron chi connectivity index (χ2n) is 2.92. The molecule has 1 aromatic rings. The number of Topliss-reactive ketones (excluding diaryl/α,β-unsaturated/α-hetero) is 1. The Kier molecular flexibility index (Phi) is 3.44. The lowest BCUT2D eigenvalue weighted by atomic mass is 9.95. The quantitative estimate of drug-likeness (QED) is 0.317. The molecule has 6 heteroatoms. The van der Waals surface area contributed by atoms with Gasteiger partial charge in [-0.3, -0.25) is 14.9 Å². The number of nitro benzene ring substituents is 1. The van der Waals surface area contributed by atoms with Crippen LogP contribution in [0.2, 0.25) is 6.32 Å². The molecule has 0 bridgehead atoms. The van der Waals surface area contributed by atoms with Crippen molar-refractivity contribution < 1.29 is 14.5 Å². The number of hydrogen-bond donors (Lipinski definition) is 0. The molecule has 0 heterocycles. The van der Waals surface area contributed by atoms with Crippen molar-refractivity contribution in [3.8, 4) is 5.75 Å². The SMILES string of the molecule is BCC(=O)c1ccc(OC)c([N+](=O)[O-])c1. The van der Waals surface area contributed by atoms with Gasteiger partial charge in [0.1, 0.15) is 7.85 Å². The summed E-state index contributed by atoms with van der Waals surface area (Å²) < 4.78 is 4.82. The van der Waals surface area contributed by atoms with Gasteiger partial charge in [-0.1, -0.05) is 0 Å². The molecule has 0 unspecified atom stereocenters. The van der Waals surface area contributed by atoms with Crippen molar-refractivity contribution in [2.45, 2.75) is 6.32 Å². The third kappa shape index (κ3) is 2.34. The van der Waals surface area contributed by atoms with Crippen LogP contribution >= 0.6 is 0 Å². The van der Waals surface area contributed by atoms with E-state index in [1.165, 1.54) is 25.3 Å². The summed E-state index contributed by atoms with van der Waals surface area (Å²) in [6.07, 6.45) is 0.323. The number of nitro groups is 1. The van der Waals surface area contributed by atoms with Crippen LogP contribution in [0.4, 0.5) is 5.69 Å². The lowest BCUT2D eigenvalue weighted by molar-refractivity contribution is -0.385. The van der Waals surface area contributed by atoms with Gasteiger partial charge >= 0.3 is 5.69 Å². The smallest absolute Gasteiger partial charge is 0.311 e. The standard InChI is InChI=1S/C9H10BNO4/c1-15-9-3-2-6(8(12)5-10)4-7(9)11(13)14/h2-4H,5,10H2,1H3. The van der Waals surface area contributed by atoms with Crippen molar-refractivity contribution >= 4 is 19.3 Å². The summed E-state index contributed by atoms with van der Waals surface area (Å²) in [5.74, 6) is 0.0356. The van der Waals surface area contributed by atoms with Crippen LogP contribution < -0.4 is 4.74 Å². The van der Waals surface area contributed by atoms with Crippen molar-refractivity contribution in [2.24, 2.45) is 0 Å². The third-order valence-corrected chi connectivity index (χ3v) is 2.02. The van der Waals surface area contributed by atoms with Crippen LogP contribution in [0.1, 0.15) is 10.4 Å². The highest BCUT2D eigenvalue weighted by molar-refractivity contribution is 6.24. The van der Waals surface area contributed by atoms with Gasteiger partial charge in [0, 0.05) is 11.6 Å². The molecule has 1 rings (SSSR count). The second-order valence-corrected chi connectivity index (χ2v) is 2.92. The first kappa shape index (κ1) is 11.2. The van der Waals surface area contributed by atoms with Crippen LogP contribution in [0.3, 0.4) is 0 Å². The van der Waals surface area contributed by atoms with Crippen LogP contribution in [0.25, 0.3) is 0 Å². The molecule has 0 fully saturated rings. The number of ether oxygens (including phenoxy) is 1. The lowest BCUT2D eigenvalue weighted by Gasteiger charge is -2.03. The monoisotopic (exact) mass is 207 g/mol. The van der Waals surface area contributed by atoms with Crippen molar-refractivity contribution in [1.82, 2.24) is 0 Å². The molecule has 0 aliphatic heterocycles. The van der Waals surface area contributed by atoms with E-state index in [1.807, 2.05) is 0 Å². The molecule has 0 atom stereocenters. The molecule has 0 saturated heterocycles. The summed E-state index contributed by atoms with van der Waals surface area (Å²) in [6.45, 7) is 0. The van der Waals surface area contributed by atoms with Gasteiger partial charge in [-0.25, -0.2) is 0 Å². The Morgan fingerprint density at radius 1 is 1.60 bits per heavy atom. The van der Waals surface area contributed by atoms with Gasteiger partial charge in [0.2, 0.25) is 0 Å². The van der Waals surface area contributed by atoms with Gasteiger partial charge in [0.25, 0.3) is 0 Å². The first-order valence-corrected chi connectivity index (χ1v) is 4.45. The average Bonchev–Trinajstić information content (AvgIpc) is 2.27.